The summed E-state index contributed by atoms with van der Waals surface area (Å²) in [6.07, 6.45) is 2.44. The molecule has 4 nitrogen and oxygen atoms in total. The smallest absolute Gasteiger partial charge is 0.138 e. The number of hydrogen-bond acceptors (Lipinski definition) is 4. The quantitative estimate of drug-likeness (QED) is 0.637. The Morgan fingerprint density at radius 3 is 2.52 bits per heavy atom. The zero-order valence-electron chi connectivity index (χ0n) is 18.3. The molecule has 1 atom stereocenters. The molecule has 0 unspecified atom stereocenters. The number of aromatic nitrogens is 2. The number of aryl methyl sites for hydroxylation is 3. The van der Waals surface area contributed by atoms with Crippen LogP contribution >= 0.6 is 0 Å². The minimum atomic E-state index is 0.181. The molecule has 152 valence electrons. The van der Waals surface area contributed by atoms with E-state index in [1.54, 1.807) is 0 Å². The molecule has 0 radical (unpaired) electrons. The highest BCUT2D eigenvalue weighted by Gasteiger charge is 2.21. The lowest BCUT2D eigenvalue weighted by atomic mass is 9.86. The van der Waals surface area contributed by atoms with Gasteiger partial charge in [0, 0.05) is 11.4 Å². The van der Waals surface area contributed by atoms with Gasteiger partial charge >= 0.3 is 0 Å². The molecule has 0 saturated carbocycles. The second kappa shape index (κ2) is 8.11. The van der Waals surface area contributed by atoms with Crippen LogP contribution in [0, 0.1) is 20.8 Å². The lowest BCUT2D eigenvalue weighted by molar-refractivity contribution is 0.255. The van der Waals surface area contributed by atoms with Crippen LogP contribution in [0.3, 0.4) is 0 Å². The Kier molecular flexibility index (Phi) is 5.55. The molecule has 2 aromatic carbocycles. The predicted octanol–water partition coefficient (Wildman–Crippen LogP) is 5.54. The standard InChI is InChI=1S/C25H32N4/c1-16-7-6-8-21(13-16)18(3)26-25-23-15-22(20-9-11-29(5)12-10-20)17(2)14-24(23)27-19(4)28-25/h6-8,13-15,18,20H,9-12H2,1-5H3,(H,26,27,28)/t18-/m1/s1. The lowest BCUT2D eigenvalue weighted by Gasteiger charge is -2.30. The Morgan fingerprint density at radius 1 is 1.03 bits per heavy atom. The maximum absolute atomic E-state index is 4.79. The first-order valence-corrected chi connectivity index (χ1v) is 10.7. The van der Waals surface area contributed by atoms with E-state index in [2.05, 4.69) is 74.4 Å². The maximum Gasteiger partial charge on any atom is 0.138 e. The number of benzene rings is 2. The molecule has 0 bridgehead atoms. The second-order valence-corrected chi connectivity index (χ2v) is 8.70. The maximum atomic E-state index is 4.79. The van der Waals surface area contributed by atoms with Crippen molar-refractivity contribution in [2.45, 2.75) is 52.5 Å². The van der Waals surface area contributed by atoms with Crippen molar-refractivity contribution < 1.29 is 0 Å². The summed E-state index contributed by atoms with van der Waals surface area (Å²) in [4.78, 5) is 11.9. The number of nitrogens with one attached hydrogen (secondary N) is 1. The van der Waals surface area contributed by atoms with Crippen LogP contribution < -0.4 is 5.32 Å². The van der Waals surface area contributed by atoms with Crippen LogP contribution in [0.5, 0.6) is 0 Å². The van der Waals surface area contributed by atoms with E-state index in [1.165, 1.54) is 48.2 Å². The van der Waals surface area contributed by atoms with E-state index in [-0.39, 0.29) is 6.04 Å². The molecule has 4 rings (SSSR count). The Morgan fingerprint density at radius 2 is 1.79 bits per heavy atom. The van der Waals surface area contributed by atoms with Crippen LogP contribution in [0.2, 0.25) is 0 Å². The Bertz CT molecular complexity index is 1020. The van der Waals surface area contributed by atoms with Crippen LogP contribution in [0.15, 0.2) is 36.4 Å². The number of fused-ring (bicyclic) bond motifs is 1. The van der Waals surface area contributed by atoms with E-state index in [0.29, 0.717) is 5.92 Å². The van der Waals surface area contributed by atoms with Gasteiger partial charge in [-0.05, 0) is 95.4 Å². The Balaban J connectivity index is 1.72. The van der Waals surface area contributed by atoms with Gasteiger partial charge in [-0.1, -0.05) is 29.8 Å². The van der Waals surface area contributed by atoms with Crippen molar-refractivity contribution in [1.82, 2.24) is 14.9 Å². The van der Waals surface area contributed by atoms with E-state index < -0.39 is 0 Å². The van der Waals surface area contributed by atoms with Crippen LogP contribution in [0.1, 0.15) is 59.8 Å². The third-order valence-electron chi connectivity index (χ3n) is 6.25. The zero-order valence-corrected chi connectivity index (χ0v) is 18.3. The van der Waals surface area contributed by atoms with Gasteiger partial charge in [-0.15, -0.1) is 0 Å². The van der Waals surface area contributed by atoms with Crippen LogP contribution in [-0.2, 0) is 0 Å². The largest absolute Gasteiger partial charge is 0.363 e. The summed E-state index contributed by atoms with van der Waals surface area (Å²) in [6.45, 7) is 10.9. The van der Waals surface area contributed by atoms with Crippen molar-refractivity contribution >= 4 is 16.7 Å². The van der Waals surface area contributed by atoms with E-state index >= 15 is 0 Å². The van der Waals surface area contributed by atoms with Gasteiger partial charge in [-0.25, -0.2) is 9.97 Å². The third-order valence-corrected chi connectivity index (χ3v) is 6.25. The fourth-order valence-corrected chi connectivity index (χ4v) is 4.51. The molecule has 1 aliphatic rings. The van der Waals surface area contributed by atoms with Gasteiger partial charge < -0.3 is 10.2 Å². The molecule has 29 heavy (non-hydrogen) atoms. The molecule has 1 fully saturated rings. The minimum absolute atomic E-state index is 0.181. The van der Waals surface area contributed by atoms with E-state index in [0.717, 1.165) is 22.5 Å². The summed E-state index contributed by atoms with van der Waals surface area (Å²) in [6, 6.07) is 13.5. The molecule has 4 heteroatoms. The highest BCUT2D eigenvalue weighted by Crippen LogP contribution is 2.34. The highest BCUT2D eigenvalue weighted by atomic mass is 15.1. The molecule has 0 amide bonds. The molecular formula is C25H32N4. The van der Waals surface area contributed by atoms with Crippen molar-refractivity contribution in [3.63, 3.8) is 0 Å². The first kappa shape index (κ1) is 19.8. The van der Waals surface area contributed by atoms with Gasteiger partial charge in [0.15, 0.2) is 0 Å². The van der Waals surface area contributed by atoms with Gasteiger partial charge in [0.05, 0.1) is 5.52 Å². The van der Waals surface area contributed by atoms with Gasteiger partial charge in [0.25, 0.3) is 0 Å². The van der Waals surface area contributed by atoms with E-state index in [1.807, 2.05) is 6.92 Å². The van der Waals surface area contributed by atoms with Gasteiger partial charge in [-0.3, -0.25) is 0 Å². The number of nitrogens with zero attached hydrogens (tertiary/aromatic N) is 3. The molecular weight excluding hydrogens is 356 g/mol. The number of hydrogen-bond donors (Lipinski definition) is 1. The fraction of sp³-hybridized carbons (Fsp3) is 0.440. The highest BCUT2D eigenvalue weighted by molar-refractivity contribution is 5.90. The van der Waals surface area contributed by atoms with Crippen molar-refractivity contribution in [2.75, 3.05) is 25.5 Å². The Labute approximate surface area is 174 Å². The number of anilines is 1. The first-order valence-electron chi connectivity index (χ1n) is 10.7. The molecule has 1 aromatic heterocycles. The molecule has 0 spiro atoms. The van der Waals surface area contributed by atoms with Crippen LogP contribution in [-0.4, -0.2) is 35.0 Å². The van der Waals surface area contributed by atoms with E-state index in [9.17, 15) is 0 Å². The SMILES string of the molecule is Cc1cccc([C@@H](C)Nc2nc(C)nc3cc(C)c(C4CCN(C)CC4)cc23)c1. The second-order valence-electron chi connectivity index (χ2n) is 8.70. The lowest BCUT2D eigenvalue weighted by Crippen LogP contribution is -2.29. The molecule has 1 saturated heterocycles. The monoisotopic (exact) mass is 388 g/mol. The summed E-state index contributed by atoms with van der Waals surface area (Å²) in [5.74, 6) is 2.37. The summed E-state index contributed by atoms with van der Waals surface area (Å²) < 4.78 is 0. The summed E-state index contributed by atoms with van der Waals surface area (Å²) in [5, 5.41) is 4.80. The molecule has 3 aromatic rings. The first-order chi connectivity index (χ1) is 13.9. The number of likely N-dealkylation sites (tertiary alicyclic amines) is 1. The van der Waals surface area contributed by atoms with Gasteiger partial charge in [-0.2, -0.15) is 0 Å². The van der Waals surface area contributed by atoms with Crippen molar-refractivity contribution in [1.29, 1.82) is 0 Å². The molecule has 1 aliphatic heterocycles. The molecule has 0 aliphatic carbocycles. The normalized spacial score (nSPS) is 16.9. The summed E-state index contributed by atoms with van der Waals surface area (Å²) >= 11 is 0. The number of rotatable bonds is 4. The summed E-state index contributed by atoms with van der Waals surface area (Å²) in [7, 11) is 2.22. The average Bonchev–Trinajstić information content (AvgIpc) is 2.68. The van der Waals surface area contributed by atoms with Crippen molar-refractivity contribution in [3.05, 3.63) is 64.5 Å². The topological polar surface area (TPSA) is 41.1 Å². The van der Waals surface area contributed by atoms with Gasteiger partial charge in [0.1, 0.15) is 11.6 Å². The van der Waals surface area contributed by atoms with E-state index in [4.69, 9.17) is 9.97 Å². The van der Waals surface area contributed by atoms with Crippen LogP contribution in [0.25, 0.3) is 10.9 Å². The average molecular weight is 389 g/mol. The zero-order chi connectivity index (χ0) is 20.5. The predicted molar refractivity (Wildman–Crippen MR) is 122 cm³/mol. The molecule has 1 N–H and O–H groups in total. The van der Waals surface area contributed by atoms with Crippen molar-refractivity contribution in [2.24, 2.45) is 0 Å². The minimum Gasteiger partial charge on any atom is -0.363 e. The number of piperidine rings is 1. The fourth-order valence-electron chi connectivity index (χ4n) is 4.51. The summed E-state index contributed by atoms with van der Waals surface area (Å²) in [5.41, 5.74) is 6.40. The third kappa shape index (κ3) is 4.27. The van der Waals surface area contributed by atoms with Crippen molar-refractivity contribution in [3.8, 4) is 0 Å². The molecule has 2 heterocycles. The van der Waals surface area contributed by atoms with Gasteiger partial charge in [0.2, 0.25) is 0 Å². The Hall–Kier alpha value is -2.46. The van der Waals surface area contributed by atoms with Crippen LogP contribution in [0.4, 0.5) is 5.82 Å².